The van der Waals surface area contributed by atoms with Crippen LogP contribution in [0.25, 0.3) is 0 Å². The molecule has 2 heteroatoms. The van der Waals surface area contributed by atoms with Crippen molar-refractivity contribution in [3.63, 3.8) is 0 Å². The van der Waals surface area contributed by atoms with Gasteiger partial charge in [0.15, 0.2) is 0 Å². The average molecular weight is 163 g/mol. The summed E-state index contributed by atoms with van der Waals surface area (Å²) in [6.07, 6.45) is 3.67. The van der Waals surface area contributed by atoms with Crippen LogP contribution in [0.1, 0.15) is 26.2 Å². The number of halogens is 1. The predicted octanol–water partition coefficient (Wildman–Crippen LogP) is 3.37. The van der Waals surface area contributed by atoms with Crippen LogP contribution >= 0.6 is 23.4 Å². The molecule has 52 valence electrons. The first-order valence-electron chi connectivity index (χ1n) is 3.33. The molecular formula is C7H11ClS. The Hall–Kier alpha value is 0.380. The fourth-order valence-corrected chi connectivity index (χ4v) is 2.49. The molecule has 0 fully saturated rings. The predicted molar refractivity (Wildman–Crippen MR) is 44.8 cm³/mol. The van der Waals surface area contributed by atoms with Gasteiger partial charge in [0.05, 0.1) is 0 Å². The molecule has 1 aliphatic rings. The molecule has 1 aliphatic heterocycles. The Morgan fingerprint density at radius 1 is 1.89 bits per heavy atom. The molecule has 1 unspecified atom stereocenters. The molecule has 0 saturated heterocycles. The van der Waals surface area contributed by atoms with Crippen molar-refractivity contribution >= 4 is 23.4 Å². The van der Waals surface area contributed by atoms with Gasteiger partial charge in [0.2, 0.25) is 0 Å². The molecule has 0 spiro atoms. The van der Waals surface area contributed by atoms with Gasteiger partial charge >= 0.3 is 0 Å². The molecule has 0 bridgehead atoms. The fourth-order valence-electron chi connectivity index (χ4n) is 0.976. The van der Waals surface area contributed by atoms with Crippen LogP contribution in [0.2, 0.25) is 0 Å². The number of hydrogen-bond acceptors (Lipinski definition) is 1. The zero-order chi connectivity index (χ0) is 6.69. The lowest BCUT2D eigenvalue weighted by molar-refractivity contribution is 0.750. The third kappa shape index (κ3) is 2.23. The SMILES string of the molecule is CCCC1CC(Cl)=CS1. The fraction of sp³-hybridized carbons (Fsp3) is 0.714. The summed E-state index contributed by atoms with van der Waals surface area (Å²) in [4.78, 5) is 0. The van der Waals surface area contributed by atoms with Gasteiger partial charge in [-0.3, -0.25) is 0 Å². The van der Waals surface area contributed by atoms with Gasteiger partial charge in [0, 0.05) is 10.3 Å². The van der Waals surface area contributed by atoms with E-state index in [0.717, 1.165) is 16.7 Å². The Balaban J connectivity index is 2.21. The molecular weight excluding hydrogens is 152 g/mol. The van der Waals surface area contributed by atoms with Crippen molar-refractivity contribution in [2.75, 3.05) is 0 Å². The molecule has 1 rings (SSSR count). The molecule has 0 aromatic carbocycles. The van der Waals surface area contributed by atoms with Crippen molar-refractivity contribution in [1.82, 2.24) is 0 Å². The highest BCUT2D eigenvalue weighted by atomic mass is 35.5. The maximum absolute atomic E-state index is 5.78. The summed E-state index contributed by atoms with van der Waals surface area (Å²) in [6, 6.07) is 0. The van der Waals surface area contributed by atoms with Gasteiger partial charge in [-0.2, -0.15) is 0 Å². The summed E-state index contributed by atoms with van der Waals surface area (Å²) in [7, 11) is 0. The third-order valence-electron chi connectivity index (χ3n) is 1.42. The minimum atomic E-state index is 0.780. The second kappa shape index (κ2) is 3.52. The van der Waals surface area contributed by atoms with Crippen LogP contribution in [0.5, 0.6) is 0 Å². The minimum absolute atomic E-state index is 0.780. The topological polar surface area (TPSA) is 0 Å². The van der Waals surface area contributed by atoms with Crippen LogP contribution in [0.15, 0.2) is 10.4 Å². The first kappa shape index (κ1) is 7.49. The van der Waals surface area contributed by atoms with E-state index >= 15 is 0 Å². The molecule has 0 saturated carbocycles. The minimum Gasteiger partial charge on any atom is -0.129 e. The van der Waals surface area contributed by atoms with E-state index in [1.54, 1.807) is 0 Å². The Labute approximate surface area is 65.7 Å². The highest BCUT2D eigenvalue weighted by Crippen LogP contribution is 2.34. The van der Waals surface area contributed by atoms with Crippen molar-refractivity contribution in [3.8, 4) is 0 Å². The molecule has 0 aromatic rings. The van der Waals surface area contributed by atoms with E-state index in [4.69, 9.17) is 11.6 Å². The van der Waals surface area contributed by atoms with Gasteiger partial charge in [-0.25, -0.2) is 0 Å². The summed E-state index contributed by atoms with van der Waals surface area (Å²) in [6.45, 7) is 2.22. The van der Waals surface area contributed by atoms with Crippen LogP contribution < -0.4 is 0 Å². The number of thioether (sulfide) groups is 1. The average Bonchev–Trinajstić information content (AvgIpc) is 2.17. The zero-order valence-corrected chi connectivity index (χ0v) is 7.13. The molecule has 0 aromatic heterocycles. The molecule has 0 radical (unpaired) electrons. The number of hydrogen-bond donors (Lipinski definition) is 0. The van der Waals surface area contributed by atoms with E-state index in [9.17, 15) is 0 Å². The van der Waals surface area contributed by atoms with Crippen molar-refractivity contribution in [2.45, 2.75) is 31.4 Å². The summed E-state index contributed by atoms with van der Waals surface area (Å²) in [5.74, 6) is 0. The van der Waals surface area contributed by atoms with Gasteiger partial charge in [-0.1, -0.05) is 24.9 Å². The second-order valence-corrected chi connectivity index (χ2v) is 3.98. The van der Waals surface area contributed by atoms with E-state index in [2.05, 4.69) is 12.3 Å². The van der Waals surface area contributed by atoms with Gasteiger partial charge in [0.25, 0.3) is 0 Å². The van der Waals surface area contributed by atoms with E-state index in [-0.39, 0.29) is 0 Å². The third-order valence-corrected chi connectivity index (χ3v) is 3.02. The summed E-state index contributed by atoms with van der Waals surface area (Å²) >= 11 is 7.66. The highest BCUT2D eigenvalue weighted by Gasteiger charge is 2.14. The smallest absolute Gasteiger partial charge is 0.0255 e. The monoisotopic (exact) mass is 162 g/mol. The first-order valence-corrected chi connectivity index (χ1v) is 4.65. The summed E-state index contributed by atoms with van der Waals surface area (Å²) in [5.41, 5.74) is 0. The van der Waals surface area contributed by atoms with Crippen LogP contribution in [0.3, 0.4) is 0 Å². The quantitative estimate of drug-likeness (QED) is 0.600. The van der Waals surface area contributed by atoms with Gasteiger partial charge in [-0.05, 0) is 18.2 Å². The molecule has 9 heavy (non-hydrogen) atoms. The Bertz CT molecular complexity index is 120. The highest BCUT2D eigenvalue weighted by molar-refractivity contribution is 8.03. The maximum atomic E-state index is 5.78. The zero-order valence-electron chi connectivity index (χ0n) is 5.56. The van der Waals surface area contributed by atoms with Crippen molar-refractivity contribution < 1.29 is 0 Å². The molecule has 1 heterocycles. The van der Waals surface area contributed by atoms with Crippen molar-refractivity contribution in [1.29, 1.82) is 0 Å². The number of rotatable bonds is 2. The Kier molecular flexibility index (Phi) is 2.93. The maximum Gasteiger partial charge on any atom is 0.0255 e. The van der Waals surface area contributed by atoms with E-state index in [1.165, 1.54) is 12.8 Å². The molecule has 0 N–H and O–H groups in total. The normalized spacial score (nSPS) is 26.4. The standard InChI is InChI=1S/C7H11ClS/c1-2-3-7-4-6(8)5-9-7/h5,7H,2-4H2,1H3. The van der Waals surface area contributed by atoms with Crippen LogP contribution in [0, 0.1) is 0 Å². The Morgan fingerprint density at radius 2 is 2.67 bits per heavy atom. The summed E-state index contributed by atoms with van der Waals surface area (Å²) < 4.78 is 0. The van der Waals surface area contributed by atoms with Crippen LogP contribution in [0.4, 0.5) is 0 Å². The van der Waals surface area contributed by atoms with Crippen molar-refractivity contribution in [3.05, 3.63) is 10.4 Å². The molecule has 0 nitrogen and oxygen atoms in total. The molecule has 0 aliphatic carbocycles. The van der Waals surface area contributed by atoms with E-state index in [1.807, 2.05) is 11.8 Å². The van der Waals surface area contributed by atoms with Crippen LogP contribution in [-0.2, 0) is 0 Å². The van der Waals surface area contributed by atoms with Gasteiger partial charge in [0.1, 0.15) is 0 Å². The first-order chi connectivity index (χ1) is 4.33. The molecule has 0 amide bonds. The lowest BCUT2D eigenvalue weighted by Crippen LogP contribution is -1.94. The van der Waals surface area contributed by atoms with E-state index in [0.29, 0.717) is 0 Å². The van der Waals surface area contributed by atoms with Gasteiger partial charge < -0.3 is 0 Å². The second-order valence-electron chi connectivity index (χ2n) is 2.32. The van der Waals surface area contributed by atoms with Gasteiger partial charge in [-0.15, -0.1) is 11.8 Å². The Morgan fingerprint density at radius 3 is 3.11 bits per heavy atom. The van der Waals surface area contributed by atoms with E-state index < -0.39 is 0 Å². The lowest BCUT2D eigenvalue weighted by atomic mass is 10.2. The lowest BCUT2D eigenvalue weighted by Gasteiger charge is -2.03. The van der Waals surface area contributed by atoms with Crippen LogP contribution in [-0.4, -0.2) is 5.25 Å². The number of allylic oxidation sites excluding steroid dienone is 1. The largest absolute Gasteiger partial charge is 0.129 e. The molecule has 1 atom stereocenters. The van der Waals surface area contributed by atoms with Crippen molar-refractivity contribution in [2.24, 2.45) is 0 Å². The summed E-state index contributed by atoms with van der Waals surface area (Å²) in [5, 5.41) is 3.89.